The molecule has 0 bridgehead atoms. The number of benzene rings is 1. The van der Waals surface area contributed by atoms with Gasteiger partial charge in [0.15, 0.2) is 0 Å². The Balaban J connectivity index is 3.00. The van der Waals surface area contributed by atoms with E-state index in [9.17, 15) is 14.7 Å². The van der Waals surface area contributed by atoms with E-state index in [0.717, 1.165) is 5.56 Å². The summed E-state index contributed by atoms with van der Waals surface area (Å²) >= 11 is 0. The highest BCUT2D eigenvalue weighted by Gasteiger charge is 2.33. The molecule has 0 aliphatic carbocycles. The predicted molar refractivity (Wildman–Crippen MR) is 83.2 cm³/mol. The van der Waals surface area contributed by atoms with E-state index >= 15 is 0 Å². The highest BCUT2D eigenvalue weighted by atomic mass is 16.4. The lowest BCUT2D eigenvalue weighted by molar-refractivity contribution is -0.313. The Morgan fingerprint density at radius 3 is 2.17 bits per heavy atom. The molecule has 1 aromatic rings. The molecule has 0 aliphatic rings. The number of carbonyl (C=O) groups excluding carboxylic acids is 2. The maximum Gasteiger partial charge on any atom is 0.223 e. The number of hydrogen-bond acceptors (Lipinski definition) is 5. The summed E-state index contributed by atoms with van der Waals surface area (Å²) in [4.78, 5) is 23.9. The summed E-state index contributed by atoms with van der Waals surface area (Å²) in [5.74, 6) is -4.02. The fraction of sp³-hybridized carbons (Fsp3) is 0.529. The largest absolute Gasteiger partial charge is 0.550 e. The summed E-state index contributed by atoms with van der Waals surface area (Å²) in [5, 5.41) is 32.2. The van der Waals surface area contributed by atoms with Gasteiger partial charge in [-0.05, 0) is 17.9 Å². The van der Waals surface area contributed by atoms with Gasteiger partial charge in [0, 0.05) is 17.8 Å². The zero-order valence-corrected chi connectivity index (χ0v) is 13.4. The molecule has 0 saturated carbocycles. The summed E-state index contributed by atoms with van der Waals surface area (Å²) in [7, 11) is 0. The highest BCUT2D eigenvalue weighted by Crippen LogP contribution is 2.33. The smallest absolute Gasteiger partial charge is 0.223 e. The van der Waals surface area contributed by atoms with Gasteiger partial charge in [-0.1, -0.05) is 44.2 Å². The van der Waals surface area contributed by atoms with E-state index in [1.54, 1.807) is 0 Å². The molecular weight excluding hydrogens is 298 g/mol. The molecule has 1 rings (SSSR count). The van der Waals surface area contributed by atoms with E-state index in [2.05, 4.69) is 5.32 Å². The SMILES string of the molecule is CCC(c1ccccc1)C(C(=O)[O-])C(C)C(=O)NC(CO)CO. The first-order valence-electron chi connectivity index (χ1n) is 7.74. The van der Waals surface area contributed by atoms with E-state index in [-0.39, 0.29) is 5.92 Å². The summed E-state index contributed by atoms with van der Waals surface area (Å²) < 4.78 is 0. The summed E-state index contributed by atoms with van der Waals surface area (Å²) in [6.45, 7) is 2.55. The molecular formula is C17H24NO5-. The molecule has 0 radical (unpaired) electrons. The number of carboxylic acid groups (broad SMARTS) is 1. The molecule has 0 aliphatic heterocycles. The number of hydrogen-bond donors (Lipinski definition) is 3. The maximum atomic E-state index is 12.2. The van der Waals surface area contributed by atoms with Crippen molar-refractivity contribution in [3.05, 3.63) is 35.9 Å². The van der Waals surface area contributed by atoms with E-state index < -0.39 is 43.0 Å². The molecule has 1 amide bonds. The van der Waals surface area contributed by atoms with Crippen LogP contribution in [0.3, 0.4) is 0 Å². The van der Waals surface area contributed by atoms with Crippen LogP contribution in [0.1, 0.15) is 31.7 Å². The summed E-state index contributed by atoms with van der Waals surface area (Å²) in [6.07, 6.45) is 0.545. The van der Waals surface area contributed by atoms with E-state index in [0.29, 0.717) is 6.42 Å². The van der Waals surface area contributed by atoms with Crippen molar-refractivity contribution in [3.63, 3.8) is 0 Å². The van der Waals surface area contributed by atoms with Gasteiger partial charge in [-0.2, -0.15) is 0 Å². The summed E-state index contributed by atoms with van der Waals surface area (Å²) in [6, 6.07) is 8.35. The van der Waals surface area contributed by atoms with Crippen molar-refractivity contribution in [1.82, 2.24) is 5.32 Å². The first-order valence-corrected chi connectivity index (χ1v) is 7.74. The van der Waals surface area contributed by atoms with Crippen LogP contribution < -0.4 is 10.4 Å². The number of aliphatic hydroxyl groups excluding tert-OH is 2. The number of amides is 1. The van der Waals surface area contributed by atoms with Crippen LogP contribution in [-0.2, 0) is 9.59 Å². The average Bonchev–Trinajstić information content (AvgIpc) is 2.56. The van der Waals surface area contributed by atoms with Crippen LogP contribution in [0.15, 0.2) is 30.3 Å². The number of carbonyl (C=O) groups is 2. The number of carboxylic acids is 1. The molecule has 0 spiro atoms. The van der Waals surface area contributed by atoms with Gasteiger partial charge in [0.05, 0.1) is 19.3 Å². The zero-order chi connectivity index (χ0) is 17.4. The normalized spacial score (nSPS) is 15.0. The van der Waals surface area contributed by atoms with Gasteiger partial charge in [-0.3, -0.25) is 4.79 Å². The van der Waals surface area contributed by atoms with Crippen molar-refractivity contribution >= 4 is 11.9 Å². The maximum absolute atomic E-state index is 12.2. The Hall–Kier alpha value is -1.92. The fourth-order valence-electron chi connectivity index (χ4n) is 2.76. The predicted octanol–water partition coefficient (Wildman–Crippen LogP) is -0.348. The van der Waals surface area contributed by atoms with Crippen LogP contribution in [0.5, 0.6) is 0 Å². The van der Waals surface area contributed by atoms with Crippen LogP contribution >= 0.6 is 0 Å². The Bertz CT molecular complexity index is 501. The Labute approximate surface area is 136 Å². The third kappa shape index (κ3) is 5.04. The monoisotopic (exact) mass is 322 g/mol. The molecule has 3 unspecified atom stereocenters. The number of aliphatic carboxylic acids is 1. The molecule has 0 fully saturated rings. The fourth-order valence-corrected chi connectivity index (χ4v) is 2.76. The van der Waals surface area contributed by atoms with Gasteiger partial charge in [0.1, 0.15) is 0 Å². The third-order valence-corrected chi connectivity index (χ3v) is 4.11. The van der Waals surface area contributed by atoms with Gasteiger partial charge < -0.3 is 25.4 Å². The minimum atomic E-state index is -1.28. The van der Waals surface area contributed by atoms with E-state index in [1.807, 2.05) is 37.3 Å². The van der Waals surface area contributed by atoms with Crippen LogP contribution in [-0.4, -0.2) is 41.3 Å². The van der Waals surface area contributed by atoms with Crippen LogP contribution in [0.4, 0.5) is 0 Å². The van der Waals surface area contributed by atoms with Crippen molar-refractivity contribution in [3.8, 4) is 0 Å². The Morgan fingerprint density at radius 1 is 1.17 bits per heavy atom. The highest BCUT2D eigenvalue weighted by molar-refractivity contribution is 5.84. The molecule has 3 N–H and O–H groups in total. The molecule has 6 nitrogen and oxygen atoms in total. The topological polar surface area (TPSA) is 110 Å². The molecule has 1 aromatic carbocycles. The quantitative estimate of drug-likeness (QED) is 0.576. The zero-order valence-electron chi connectivity index (χ0n) is 13.4. The van der Waals surface area contributed by atoms with Crippen molar-refractivity contribution < 1.29 is 24.9 Å². The van der Waals surface area contributed by atoms with Crippen molar-refractivity contribution in [2.45, 2.75) is 32.2 Å². The Morgan fingerprint density at radius 2 is 1.74 bits per heavy atom. The van der Waals surface area contributed by atoms with E-state index in [1.165, 1.54) is 6.92 Å². The third-order valence-electron chi connectivity index (χ3n) is 4.11. The molecule has 23 heavy (non-hydrogen) atoms. The first-order chi connectivity index (χ1) is 11.0. The minimum Gasteiger partial charge on any atom is -0.550 e. The lowest BCUT2D eigenvalue weighted by Gasteiger charge is -2.32. The molecule has 0 saturated heterocycles. The first kappa shape index (κ1) is 19.1. The van der Waals surface area contributed by atoms with Crippen molar-refractivity contribution in [2.24, 2.45) is 11.8 Å². The Kier molecular flexibility index (Phi) is 7.71. The van der Waals surface area contributed by atoms with Gasteiger partial charge in [-0.25, -0.2) is 0 Å². The summed E-state index contributed by atoms with van der Waals surface area (Å²) in [5.41, 5.74) is 0.838. The van der Waals surface area contributed by atoms with Gasteiger partial charge >= 0.3 is 0 Å². The minimum absolute atomic E-state index is 0.358. The molecule has 0 aromatic heterocycles. The second-order valence-electron chi connectivity index (χ2n) is 5.63. The number of aliphatic hydroxyl groups is 2. The average molecular weight is 322 g/mol. The lowest BCUT2D eigenvalue weighted by Crippen LogP contribution is -2.48. The molecule has 128 valence electrons. The van der Waals surface area contributed by atoms with Crippen LogP contribution in [0.2, 0.25) is 0 Å². The molecule has 6 heteroatoms. The van der Waals surface area contributed by atoms with Crippen LogP contribution in [0.25, 0.3) is 0 Å². The number of nitrogens with one attached hydrogen (secondary N) is 1. The van der Waals surface area contributed by atoms with Gasteiger partial charge in [-0.15, -0.1) is 0 Å². The second-order valence-corrected chi connectivity index (χ2v) is 5.63. The van der Waals surface area contributed by atoms with Crippen LogP contribution in [0, 0.1) is 11.8 Å². The lowest BCUT2D eigenvalue weighted by atomic mass is 9.76. The molecule has 3 atom stereocenters. The standard InChI is InChI=1S/C17H25NO5/c1-3-14(12-7-5-4-6-8-12)15(17(22)23)11(2)16(21)18-13(9-19)10-20/h4-8,11,13-15,19-20H,3,9-10H2,1-2H3,(H,18,21)(H,22,23)/p-1. The van der Waals surface area contributed by atoms with Crippen molar-refractivity contribution in [2.75, 3.05) is 13.2 Å². The molecule has 0 heterocycles. The van der Waals surface area contributed by atoms with Gasteiger partial charge in [0.2, 0.25) is 5.91 Å². The second kappa shape index (κ2) is 9.27. The number of rotatable bonds is 9. The van der Waals surface area contributed by atoms with Crippen molar-refractivity contribution in [1.29, 1.82) is 0 Å². The van der Waals surface area contributed by atoms with Gasteiger partial charge in [0.25, 0.3) is 0 Å². The van der Waals surface area contributed by atoms with E-state index in [4.69, 9.17) is 10.2 Å².